The maximum absolute atomic E-state index is 13.5. The molecule has 2 amide bonds. The monoisotopic (exact) mass is 566 g/mol. The quantitative estimate of drug-likeness (QED) is 0.200. The second-order valence-corrected chi connectivity index (χ2v) is 9.72. The Hall–Kier alpha value is -4.65. The number of hydrogen-bond acceptors (Lipinski definition) is 3. The Morgan fingerprint density at radius 3 is 2.15 bits per heavy atom. The van der Waals surface area contributed by atoms with Crippen LogP contribution in [0.3, 0.4) is 0 Å². The zero-order chi connectivity index (χ0) is 27.9. The lowest BCUT2D eigenvalue weighted by Crippen LogP contribution is -2.34. The van der Waals surface area contributed by atoms with Crippen molar-refractivity contribution >= 4 is 41.1 Å². The molecule has 0 radical (unpaired) electrons. The summed E-state index contributed by atoms with van der Waals surface area (Å²) in [6.07, 6.45) is 3.44. The summed E-state index contributed by atoms with van der Waals surface area (Å²) in [5, 5.41) is 11.6. The first-order chi connectivity index (χ1) is 19.5. The molecule has 2 N–H and O–H groups in total. The predicted molar refractivity (Wildman–Crippen MR) is 159 cm³/mol. The lowest BCUT2D eigenvalue weighted by molar-refractivity contribution is -0.117. The molecule has 8 heteroatoms. The van der Waals surface area contributed by atoms with E-state index >= 15 is 0 Å². The number of para-hydroxylation sites is 1. The van der Waals surface area contributed by atoms with Crippen LogP contribution in [0.5, 0.6) is 0 Å². The van der Waals surface area contributed by atoms with Gasteiger partial charge in [-0.05, 0) is 54.1 Å². The van der Waals surface area contributed by atoms with Crippen LogP contribution in [-0.2, 0) is 11.3 Å². The van der Waals surface area contributed by atoms with Gasteiger partial charge in [-0.1, -0.05) is 89.9 Å². The van der Waals surface area contributed by atoms with E-state index in [1.807, 2.05) is 72.9 Å². The summed E-state index contributed by atoms with van der Waals surface area (Å²) < 4.78 is 1.73. The van der Waals surface area contributed by atoms with Crippen molar-refractivity contribution in [3.63, 3.8) is 0 Å². The standard InChI is InChI=1S/C32H24Cl2N4O2/c33-26-17-15-22(16-18-26)30-25(21-38(37-30)27-12-5-2-6-13-27)19-29(36-31(39)23-9-3-1-4-10-23)32(40)35-20-24-11-7-8-14-28(24)34/h1-19,21H,20H2,(H,35,40)(H,36,39)/b29-19+. The highest BCUT2D eigenvalue weighted by Crippen LogP contribution is 2.27. The minimum atomic E-state index is -0.473. The van der Waals surface area contributed by atoms with Gasteiger partial charge in [-0.15, -0.1) is 0 Å². The number of halogens is 2. The van der Waals surface area contributed by atoms with Gasteiger partial charge in [0.25, 0.3) is 11.8 Å². The van der Waals surface area contributed by atoms with E-state index in [1.54, 1.807) is 53.2 Å². The van der Waals surface area contributed by atoms with Gasteiger partial charge in [-0.3, -0.25) is 9.59 Å². The van der Waals surface area contributed by atoms with E-state index in [0.29, 0.717) is 26.9 Å². The Morgan fingerprint density at radius 1 is 0.800 bits per heavy atom. The topological polar surface area (TPSA) is 76.0 Å². The second kappa shape index (κ2) is 12.5. The van der Waals surface area contributed by atoms with Gasteiger partial charge < -0.3 is 10.6 Å². The molecule has 0 atom stereocenters. The molecular formula is C32H24Cl2N4O2. The van der Waals surface area contributed by atoms with Crippen LogP contribution in [0.25, 0.3) is 23.0 Å². The van der Waals surface area contributed by atoms with E-state index in [4.69, 9.17) is 28.3 Å². The summed E-state index contributed by atoms with van der Waals surface area (Å²) in [5.74, 6) is -0.887. The second-order valence-electron chi connectivity index (χ2n) is 8.87. The highest BCUT2D eigenvalue weighted by Gasteiger charge is 2.18. The fraction of sp³-hybridized carbons (Fsp3) is 0.0312. The Balaban J connectivity index is 1.55. The van der Waals surface area contributed by atoms with Crippen LogP contribution in [0.4, 0.5) is 0 Å². The van der Waals surface area contributed by atoms with Gasteiger partial charge in [0, 0.05) is 39.5 Å². The molecule has 0 fully saturated rings. The van der Waals surface area contributed by atoms with Crippen LogP contribution in [0.15, 0.2) is 121 Å². The van der Waals surface area contributed by atoms with E-state index in [1.165, 1.54) is 0 Å². The van der Waals surface area contributed by atoms with Crippen molar-refractivity contribution in [1.29, 1.82) is 0 Å². The third-order valence-electron chi connectivity index (χ3n) is 6.11. The van der Waals surface area contributed by atoms with Crippen molar-refractivity contribution in [3.05, 3.63) is 148 Å². The van der Waals surface area contributed by atoms with Crippen molar-refractivity contribution in [2.24, 2.45) is 0 Å². The lowest BCUT2D eigenvalue weighted by Gasteiger charge is -2.12. The number of nitrogens with one attached hydrogen (secondary N) is 2. The molecule has 0 unspecified atom stereocenters. The molecule has 0 spiro atoms. The van der Waals surface area contributed by atoms with Crippen molar-refractivity contribution in [2.45, 2.75) is 6.54 Å². The molecule has 4 aromatic carbocycles. The molecule has 5 rings (SSSR count). The first kappa shape index (κ1) is 26.9. The SMILES string of the molecule is O=C(NCc1ccccc1Cl)/C(=C\c1cn(-c2ccccc2)nc1-c1ccc(Cl)cc1)NC(=O)c1ccccc1. The van der Waals surface area contributed by atoms with E-state index in [0.717, 1.165) is 16.8 Å². The normalized spacial score (nSPS) is 11.2. The summed E-state index contributed by atoms with van der Waals surface area (Å²) in [5.41, 5.74) is 4.12. The number of nitrogens with zero attached hydrogens (tertiary/aromatic N) is 2. The third-order valence-corrected chi connectivity index (χ3v) is 6.73. The molecule has 1 heterocycles. The molecule has 0 bridgehead atoms. The lowest BCUT2D eigenvalue weighted by atomic mass is 10.1. The number of benzene rings is 4. The highest BCUT2D eigenvalue weighted by molar-refractivity contribution is 6.31. The summed E-state index contributed by atoms with van der Waals surface area (Å²) in [4.78, 5) is 26.6. The van der Waals surface area contributed by atoms with Crippen LogP contribution < -0.4 is 10.6 Å². The Morgan fingerprint density at radius 2 is 1.45 bits per heavy atom. The fourth-order valence-electron chi connectivity index (χ4n) is 4.05. The highest BCUT2D eigenvalue weighted by atomic mass is 35.5. The summed E-state index contributed by atoms with van der Waals surface area (Å²) in [7, 11) is 0. The van der Waals surface area contributed by atoms with Crippen molar-refractivity contribution < 1.29 is 9.59 Å². The molecule has 198 valence electrons. The predicted octanol–water partition coefficient (Wildman–Crippen LogP) is 6.93. The van der Waals surface area contributed by atoms with Crippen molar-refractivity contribution in [2.75, 3.05) is 0 Å². The van der Waals surface area contributed by atoms with Crippen LogP contribution in [0.2, 0.25) is 10.0 Å². The van der Waals surface area contributed by atoms with Crippen LogP contribution >= 0.6 is 23.2 Å². The van der Waals surface area contributed by atoms with Gasteiger partial charge in [-0.2, -0.15) is 5.10 Å². The number of carbonyl (C=O) groups excluding carboxylic acids is 2. The molecule has 0 aliphatic heterocycles. The molecule has 0 aliphatic carbocycles. The molecular weight excluding hydrogens is 543 g/mol. The minimum Gasteiger partial charge on any atom is -0.347 e. The largest absolute Gasteiger partial charge is 0.347 e. The molecule has 5 aromatic rings. The molecule has 0 saturated heterocycles. The van der Waals surface area contributed by atoms with Gasteiger partial charge in [0.2, 0.25) is 0 Å². The van der Waals surface area contributed by atoms with Gasteiger partial charge in [0.15, 0.2) is 0 Å². The number of amides is 2. The van der Waals surface area contributed by atoms with Crippen LogP contribution in [0, 0.1) is 0 Å². The van der Waals surface area contributed by atoms with Gasteiger partial charge >= 0.3 is 0 Å². The minimum absolute atomic E-state index is 0.0590. The number of aromatic nitrogens is 2. The first-order valence-corrected chi connectivity index (χ1v) is 13.2. The van der Waals surface area contributed by atoms with Crippen LogP contribution in [0.1, 0.15) is 21.5 Å². The molecule has 1 aromatic heterocycles. The molecule has 0 saturated carbocycles. The third kappa shape index (κ3) is 6.49. The smallest absolute Gasteiger partial charge is 0.268 e. The summed E-state index contributed by atoms with van der Waals surface area (Å²) in [6, 6.07) is 32.9. The molecule has 0 aliphatic rings. The van der Waals surface area contributed by atoms with Crippen molar-refractivity contribution in [3.8, 4) is 16.9 Å². The zero-order valence-electron chi connectivity index (χ0n) is 21.2. The average molecular weight is 567 g/mol. The maximum Gasteiger partial charge on any atom is 0.268 e. The fourth-order valence-corrected chi connectivity index (χ4v) is 4.38. The van der Waals surface area contributed by atoms with E-state index < -0.39 is 11.8 Å². The Labute approximate surface area is 241 Å². The average Bonchev–Trinajstić information content (AvgIpc) is 3.41. The summed E-state index contributed by atoms with van der Waals surface area (Å²) in [6.45, 7) is 0.185. The maximum atomic E-state index is 13.5. The number of hydrogen-bond donors (Lipinski definition) is 2. The zero-order valence-corrected chi connectivity index (χ0v) is 22.7. The van der Waals surface area contributed by atoms with E-state index in [-0.39, 0.29) is 12.2 Å². The van der Waals surface area contributed by atoms with Gasteiger partial charge in [-0.25, -0.2) is 4.68 Å². The molecule has 6 nitrogen and oxygen atoms in total. The Bertz CT molecular complexity index is 1660. The van der Waals surface area contributed by atoms with Gasteiger partial charge in [0.05, 0.1) is 5.69 Å². The number of rotatable bonds is 8. The van der Waals surface area contributed by atoms with E-state index in [2.05, 4.69) is 10.6 Å². The van der Waals surface area contributed by atoms with E-state index in [9.17, 15) is 9.59 Å². The molecule has 40 heavy (non-hydrogen) atoms. The van der Waals surface area contributed by atoms with Gasteiger partial charge in [0.1, 0.15) is 11.4 Å². The summed E-state index contributed by atoms with van der Waals surface area (Å²) >= 11 is 12.4. The first-order valence-electron chi connectivity index (χ1n) is 12.5. The van der Waals surface area contributed by atoms with Crippen molar-refractivity contribution in [1.82, 2.24) is 20.4 Å². The van der Waals surface area contributed by atoms with Crippen LogP contribution in [-0.4, -0.2) is 21.6 Å². The Kier molecular flexibility index (Phi) is 8.40. The number of carbonyl (C=O) groups is 2.